The number of anilines is 1. The van der Waals surface area contributed by atoms with Crippen LogP contribution >= 0.6 is 22.6 Å². The molecule has 7 nitrogen and oxygen atoms in total. The highest BCUT2D eigenvalue weighted by Crippen LogP contribution is 2.43. The lowest BCUT2D eigenvalue weighted by molar-refractivity contribution is 0.0976. The molecule has 0 fully saturated rings. The molecule has 0 heterocycles. The van der Waals surface area contributed by atoms with Gasteiger partial charge in [0.25, 0.3) is 10.0 Å². The highest BCUT2D eigenvalue weighted by Gasteiger charge is 2.35. The summed E-state index contributed by atoms with van der Waals surface area (Å²) in [4.78, 5) is 25.5. The van der Waals surface area contributed by atoms with Crippen molar-refractivity contribution < 1.29 is 28.2 Å². The first-order valence-corrected chi connectivity index (χ1v) is 10.8. The van der Waals surface area contributed by atoms with Crippen molar-refractivity contribution in [3.63, 3.8) is 0 Å². The number of halogens is 1. The van der Waals surface area contributed by atoms with Gasteiger partial charge in [0.05, 0.1) is 16.1 Å². The monoisotopic (exact) mass is 521 g/mol. The van der Waals surface area contributed by atoms with Gasteiger partial charge in [-0.3, -0.25) is 14.3 Å². The van der Waals surface area contributed by atoms with Crippen LogP contribution in [0.5, 0.6) is 11.5 Å². The van der Waals surface area contributed by atoms with E-state index in [1.807, 2.05) is 22.6 Å². The quantitative estimate of drug-likeness (QED) is 0.281. The van der Waals surface area contributed by atoms with E-state index in [1.165, 1.54) is 24.3 Å². The summed E-state index contributed by atoms with van der Waals surface area (Å²) < 4.78 is 28.3. The molecule has 9 heteroatoms. The zero-order valence-corrected chi connectivity index (χ0v) is 17.5. The molecule has 0 radical (unpaired) electrons. The second kappa shape index (κ2) is 6.85. The van der Waals surface area contributed by atoms with Crippen molar-refractivity contribution in [1.82, 2.24) is 0 Å². The average Bonchev–Trinajstić information content (AvgIpc) is 2.70. The number of aromatic hydroxyl groups is 2. The number of carbonyl (C=O) groups excluding carboxylic acids is 2. The Morgan fingerprint density at radius 2 is 1.38 bits per heavy atom. The van der Waals surface area contributed by atoms with Gasteiger partial charge in [-0.05, 0) is 52.9 Å². The number of rotatable bonds is 3. The first-order valence-electron chi connectivity index (χ1n) is 8.26. The molecule has 4 rings (SSSR count). The van der Waals surface area contributed by atoms with Gasteiger partial charge >= 0.3 is 0 Å². The van der Waals surface area contributed by atoms with Crippen LogP contribution in [0.25, 0.3) is 0 Å². The molecule has 0 saturated heterocycles. The predicted octanol–water partition coefficient (Wildman–Crippen LogP) is 3.28. The average molecular weight is 521 g/mol. The molecule has 0 atom stereocenters. The van der Waals surface area contributed by atoms with E-state index in [4.69, 9.17) is 0 Å². The van der Waals surface area contributed by atoms with Crippen LogP contribution < -0.4 is 4.72 Å². The molecule has 0 amide bonds. The lowest BCUT2D eigenvalue weighted by Crippen LogP contribution is -2.22. The van der Waals surface area contributed by atoms with Crippen molar-refractivity contribution in [2.45, 2.75) is 4.90 Å². The van der Waals surface area contributed by atoms with Gasteiger partial charge in [-0.2, -0.15) is 0 Å². The molecule has 0 saturated carbocycles. The first kappa shape index (κ1) is 19.4. The maximum absolute atomic E-state index is 12.8. The molecule has 0 bridgehead atoms. The Labute approximate surface area is 179 Å². The summed E-state index contributed by atoms with van der Waals surface area (Å²) in [5.74, 6) is -2.87. The fourth-order valence-electron chi connectivity index (χ4n) is 3.12. The molecule has 0 unspecified atom stereocenters. The Hall–Kier alpha value is -2.92. The van der Waals surface area contributed by atoms with Crippen LogP contribution in [0.15, 0.2) is 59.5 Å². The van der Waals surface area contributed by atoms with Gasteiger partial charge in [-0.1, -0.05) is 24.3 Å². The summed E-state index contributed by atoms with van der Waals surface area (Å²) in [6, 6.07) is 13.1. The van der Waals surface area contributed by atoms with E-state index in [0.29, 0.717) is 0 Å². The Kier molecular flexibility index (Phi) is 4.58. The number of phenolic OH excluding ortho intramolecular Hbond substituents is 2. The van der Waals surface area contributed by atoms with Gasteiger partial charge in [0, 0.05) is 20.3 Å². The minimum atomic E-state index is -4.11. The summed E-state index contributed by atoms with van der Waals surface area (Å²) in [5, 5.41) is 20.7. The molecule has 1 aliphatic carbocycles. The Morgan fingerprint density at radius 3 is 2.00 bits per heavy atom. The number of ketones is 2. The number of fused-ring (bicyclic) bond motifs is 2. The van der Waals surface area contributed by atoms with E-state index in [-0.39, 0.29) is 27.1 Å². The van der Waals surface area contributed by atoms with Gasteiger partial charge in [-0.15, -0.1) is 0 Å². The summed E-state index contributed by atoms with van der Waals surface area (Å²) >= 11 is 2.03. The van der Waals surface area contributed by atoms with Crippen LogP contribution in [0, 0.1) is 3.57 Å². The minimum absolute atomic E-state index is 0.0673. The van der Waals surface area contributed by atoms with Gasteiger partial charge < -0.3 is 10.2 Å². The maximum atomic E-state index is 12.8. The van der Waals surface area contributed by atoms with Crippen LogP contribution in [0.2, 0.25) is 0 Å². The number of hydrogen-bond donors (Lipinski definition) is 3. The van der Waals surface area contributed by atoms with Gasteiger partial charge in [0.15, 0.2) is 23.1 Å². The Bertz CT molecular complexity index is 1300. The van der Waals surface area contributed by atoms with Crippen molar-refractivity contribution in [1.29, 1.82) is 0 Å². The predicted molar refractivity (Wildman–Crippen MR) is 113 cm³/mol. The van der Waals surface area contributed by atoms with E-state index < -0.39 is 38.8 Å². The molecule has 0 aromatic heterocycles. The number of phenols is 2. The third kappa shape index (κ3) is 3.15. The topological polar surface area (TPSA) is 121 Å². The van der Waals surface area contributed by atoms with Crippen molar-refractivity contribution in [2.75, 3.05) is 4.72 Å². The van der Waals surface area contributed by atoms with Crippen molar-refractivity contribution in [3.05, 3.63) is 80.4 Å². The summed E-state index contributed by atoms with van der Waals surface area (Å²) in [6.07, 6.45) is 0. The largest absolute Gasteiger partial charge is 0.504 e. The van der Waals surface area contributed by atoms with E-state index in [2.05, 4.69) is 4.72 Å². The smallest absolute Gasteiger partial charge is 0.262 e. The van der Waals surface area contributed by atoms with Crippen LogP contribution in [0.1, 0.15) is 31.8 Å². The Balaban J connectivity index is 1.84. The minimum Gasteiger partial charge on any atom is -0.504 e. The van der Waals surface area contributed by atoms with E-state index in [1.54, 1.807) is 24.3 Å². The van der Waals surface area contributed by atoms with Crippen molar-refractivity contribution in [3.8, 4) is 11.5 Å². The normalized spacial score (nSPS) is 13.0. The van der Waals surface area contributed by atoms with Crippen molar-refractivity contribution >= 4 is 49.9 Å². The van der Waals surface area contributed by atoms with Crippen LogP contribution in [0.3, 0.4) is 0 Å². The van der Waals surface area contributed by atoms with E-state index in [0.717, 1.165) is 9.64 Å². The first-order chi connectivity index (χ1) is 13.7. The Morgan fingerprint density at radius 1 is 0.793 bits per heavy atom. The van der Waals surface area contributed by atoms with Gasteiger partial charge in [-0.25, -0.2) is 8.42 Å². The number of carbonyl (C=O) groups is 2. The second-order valence-electron chi connectivity index (χ2n) is 6.31. The number of nitrogens with one attached hydrogen (secondary N) is 1. The molecule has 3 N–H and O–H groups in total. The highest BCUT2D eigenvalue weighted by molar-refractivity contribution is 14.1. The zero-order valence-electron chi connectivity index (χ0n) is 14.5. The number of benzene rings is 3. The summed E-state index contributed by atoms with van der Waals surface area (Å²) in [6.45, 7) is 0. The molecule has 3 aromatic carbocycles. The molecule has 0 aliphatic heterocycles. The second-order valence-corrected chi connectivity index (χ2v) is 9.24. The fourth-order valence-corrected chi connectivity index (χ4v) is 4.54. The van der Waals surface area contributed by atoms with Crippen LogP contribution in [-0.4, -0.2) is 30.2 Å². The lowest BCUT2D eigenvalue weighted by Gasteiger charge is -2.20. The number of sulfonamides is 1. The summed E-state index contributed by atoms with van der Waals surface area (Å²) in [7, 11) is -4.11. The van der Waals surface area contributed by atoms with Gasteiger partial charge in [0.2, 0.25) is 0 Å². The highest BCUT2D eigenvalue weighted by atomic mass is 127. The zero-order chi connectivity index (χ0) is 20.9. The fraction of sp³-hybridized carbons (Fsp3) is 0. The third-order valence-corrected chi connectivity index (χ3v) is 6.63. The van der Waals surface area contributed by atoms with Crippen LogP contribution in [0.4, 0.5) is 5.69 Å². The standard InChI is InChI=1S/C20H12INO6S/c21-10-5-7-11(8-6-10)29(27,28)22-15-9-14-16(20(26)19(15)25)18(24)13-4-2-1-3-12(13)17(14)23/h1-9,22,25-26H. The molecule has 3 aromatic rings. The molecular weight excluding hydrogens is 509 g/mol. The molecular formula is C20H12INO6S. The van der Waals surface area contributed by atoms with Crippen molar-refractivity contribution in [2.24, 2.45) is 0 Å². The molecule has 0 spiro atoms. The van der Waals surface area contributed by atoms with E-state index >= 15 is 0 Å². The van der Waals surface area contributed by atoms with Gasteiger partial charge in [0.1, 0.15) is 0 Å². The van der Waals surface area contributed by atoms with E-state index in [9.17, 15) is 28.2 Å². The molecule has 29 heavy (non-hydrogen) atoms. The third-order valence-electron chi connectivity index (χ3n) is 4.53. The number of hydrogen-bond acceptors (Lipinski definition) is 6. The van der Waals surface area contributed by atoms with Crippen LogP contribution in [-0.2, 0) is 10.0 Å². The maximum Gasteiger partial charge on any atom is 0.262 e. The molecule has 1 aliphatic rings. The SMILES string of the molecule is O=C1c2ccccc2C(=O)c2c1cc(NS(=O)(=O)c1ccc(I)cc1)c(O)c2O. The lowest BCUT2D eigenvalue weighted by atomic mass is 9.83. The summed E-state index contributed by atoms with van der Waals surface area (Å²) in [5.41, 5.74) is -0.707. The molecule has 146 valence electrons.